The standard InChI is InChI=1S/C16H17BrN2O3/c1-15(2)18-19-16(21-4,22-15)12-9-13(17)10-7-5-6-8-11(10)14(12)20-3/h5-9H,1-4H3. The molecule has 0 aromatic heterocycles. The number of methoxy groups -OCH3 is 2. The number of rotatable bonds is 3. The van der Waals surface area contributed by atoms with E-state index in [-0.39, 0.29) is 0 Å². The minimum absolute atomic E-state index is 0.664. The van der Waals surface area contributed by atoms with E-state index >= 15 is 0 Å². The quantitative estimate of drug-likeness (QED) is 0.800. The number of benzene rings is 2. The molecule has 2 aromatic rings. The van der Waals surface area contributed by atoms with Gasteiger partial charge in [0.1, 0.15) is 5.75 Å². The lowest BCUT2D eigenvalue weighted by atomic mass is 10.0. The molecule has 1 aliphatic rings. The molecule has 1 unspecified atom stereocenters. The molecule has 0 radical (unpaired) electrons. The highest BCUT2D eigenvalue weighted by molar-refractivity contribution is 9.10. The van der Waals surface area contributed by atoms with Gasteiger partial charge in [0.15, 0.2) is 5.72 Å². The second-order valence-corrected chi connectivity index (χ2v) is 6.37. The summed E-state index contributed by atoms with van der Waals surface area (Å²) in [5, 5.41) is 10.4. The van der Waals surface area contributed by atoms with Gasteiger partial charge in [0, 0.05) is 17.0 Å². The summed E-state index contributed by atoms with van der Waals surface area (Å²) in [4.78, 5) is 0. The summed E-state index contributed by atoms with van der Waals surface area (Å²) in [5.41, 5.74) is -0.0727. The van der Waals surface area contributed by atoms with E-state index in [0.29, 0.717) is 11.3 Å². The van der Waals surface area contributed by atoms with Crippen LogP contribution in [0, 0.1) is 0 Å². The molecule has 0 bridgehead atoms. The molecular formula is C16H17BrN2O3. The van der Waals surface area contributed by atoms with Crippen molar-refractivity contribution in [3.05, 3.63) is 40.4 Å². The molecule has 0 spiro atoms. The third-order valence-electron chi connectivity index (χ3n) is 3.58. The Balaban J connectivity index is 2.29. The van der Waals surface area contributed by atoms with E-state index < -0.39 is 11.6 Å². The molecule has 5 nitrogen and oxygen atoms in total. The molecule has 1 aliphatic heterocycles. The van der Waals surface area contributed by atoms with Crippen LogP contribution in [0.15, 0.2) is 45.0 Å². The maximum atomic E-state index is 5.96. The van der Waals surface area contributed by atoms with Crippen LogP contribution in [-0.4, -0.2) is 19.9 Å². The molecule has 0 amide bonds. The van der Waals surface area contributed by atoms with Gasteiger partial charge >= 0.3 is 5.91 Å². The van der Waals surface area contributed by atoms with Crippen molar-refractivity contribution in [2.75, 3.05) is 14.2 Å². The average Bonchev–Trinajstić information content (AvgIpc) is 2.84. The summed E-state index contributed by atoms with van der Waals surface area (Å²) in [6.45, 7) is 3.67. The molecule has 0 aliphatic carbocycles. The second kappa shape index (κ2) is 5.30. The van der Waals surface area contributed by atoms with Crippen LogP contribution in [0.25, 0.3) is 10.8 Å². The van der Waals surface area contributed by atoms with Crippen LogP contribution in [0.5, 0.6) is 5.75 Å². The Morgan fingerprint density at radius 1 is 1.09 bits per heavy atom. The lowest BCUT2D eigenvalue weighted by Gasteiger charge is -2.28. The Morgan fingerprint density at radius 2 is 1.77 bits per heavy atom. The van der Waals surface area contributed by atoms with Gasteiger partial charge in [-0.1, -0.05) is 40.2 Å². The lowest BCUT2D eigenvalue weighted by molar-refractivity contribution is -0.248. The monoisotopic (exact) mass is 364 g/mol. The first-order valence-electron chi connectivity index (χ1n) is 6.87. The minimum atomic E-state index is -1.30. The van der Waals surface area contributed by atoms with Crippen molar-refractivity contribution in [1.82, 2.24) is 0 Å². The molecule has 2 aromatic carbocycles. The normalized spacial score (nSPS) is 23.1. The molecule has 1 atom stereocenters. The fourth-order valence-corrected chi connectivity index (χ4v) is 3.20. The van der Waals surface area contributed by atoms with E-state index in [2.05, 4.69) is 26.2 Å². The first-order valence-corrected chi connectivity index (χ1v) is 7.67. The number of nitrogens with zero attached hydrogens (tertiary/aromatic N) is 2. The van der Waals surface area contributed by atoms with Gasteiger partial charge < -0.3 is 9.47 Å². The Labute approximate surface area is 137 Å². The Morgan fingerprint density at radius 3 is 2.32 bits per heavy atom. The Bertz CT molecular complexity index is 760. The predicted molar refractivity (Wildman–Crippen MR) is 86.9 cm³/mol. The van der Waals surface area contributed by atoms with E-state index in [4.69, 9.17) is 14.2 Å². The van der Waals surface area contributed by atoms with Crippen molar-refractivity contribution >= 4 is 26.7 Å². The number of halogens is 1. The minimum Gasteiger partial charge on any atom is -0.496 e. The zero-order valence-corrected chi connectivity index (χ0v) is 14.5. The van der Waals surface area contributed by atoms with E-state index in [1.807, 2.05) is 44.2 Å². The van der Waals surface area contributed by atoms with Crippen molar-refractivity contribution in [3.8, 4) is 5.75 Å². The highest BCUT2D eigenvalue weighted by Gasteiger charge is 2.47. The zero-order valence-electron chi connectivity index (χ0n) is 12.9. The van der Waals surface area contributed by atoms with Crippen LogP contribution in [0.1, 0.15) is 19.4 Å². The molecule has 6 heteroatoms. The topological polar surface area (TPSA) is 52.4 Å². The average molecular weight is 365 g/mol. The first-order chi connectivity index (χ1) is 10.4. The Hall–Kier alpha value is -1.50. The SMILES string of the molecule is COc1c(C2(OC)N=NC(C)(C)O2)cc(Br)c2ccccc12. The fraction of sp³-hybridized carbons (Fsp3) is 0.375. The third kappa shape index (κ3) is 2.31. The van der Waals surface area contributed by atoms with Gasteiger partial charge in [-0.05, 0) is 25.3 Å². The lowest BCUT2D eigenvalue weighted by Crippen LogP contribution is -2.33. The number of hydrogen-bond donors (Lipinski definition) is 0. The van der Waals surface area contributed by atoms with Crippen molar-refractivity contribution in [2.45, 2.75) is 25.5 Å². The molecule has 0 saturated heterocycles. The maximum Gasteiger partial charge on any atom is 0.321 e. The number of hydrogen-bond acceptors (Lipinski definition) is 5. The molecule has 1 heterocycles. The van der Waals surface area contributed by atoms with E-state index in [1.54, 1.807) is 14.2 Å². The van der Waals surface area contributed by atoms with Gasteiger partial charge in [0.25, 0.3) is 0 Å². The summed E-state index contributed by atoms with van der Waals surface area (Å²) in [6.07, 6.45) is 0. The molecule has 0 N–H and O–H groups in total. The molecular weight excluding hydrogens is 348 g/mol. The number of azo groups is 1. The summed E-state index contributed by atoms with van der Waals surface area (Å²) < 4.78 is 18.1. The van der Waals surface area contributed by atoms with Crippen LogP contribution in [0.4, 0.5) is 0 Å². The second-order valence-electron chi connectivity index (χ2n) is 5.52. The third-order valence-corrected chi connectivity index (χ3v) is 4.23. The highest BCUT2D eigenvalue weighted by atomic mass is 79.9. The van der Waals surface area contributed by atoms with Gasteiger partial charge in [-0.3, -0.25) is 4.74 Å². The van der Waals surface area contributed by atoms with Crippen LogP contribution in [-0.2, 0) is 15.4 Å². The maximum absolute atomic E-state index is 5.96. The molecule has 22 heavy (non-hydrogen) atoms. The highest BCUT2D eigenvalue weighted by Crippen LogP contribution is 2.47. The van der Waals surface area contributed by atoms with Crippen molar-refractivity contribution < 1.29 is 14.2 Å². The van der Waals surface area contributed by atoms with Crippen molar-refractivity contribution in [3.63, 3.8) is 0 Å². The van der Waals surface area contributed by atoms with Gasteiger partial charge in [-0.25, -0.2) is 0 Å². The number of fused-ring (bicyclic) bond motifs is 1. The van der Waals surface area contributed by atoms with Gasteiger partial charge in [0.2, 0.25) is 0 Å². The molecule has 116 valence electrons. The number of ether oxygens (including phenoxy) is 3. The van der Waals surface area contributed by atoms with Gasteiger partial charge in [-0.15, -0.1) is 5.11 Å². The Kier molecular flexibility index (Phi) is 3.71. The van der Waals surface area contributed by atoms with Crippen molar-refractivity contribution in [1.29, 1.82) is 0 Å². The molecule has 0 saturated carbocycles. The van der Waals surface area contributed by atoms with Gasteiger partial charge in [0.05, 0.1) is 12.7 Å². The summed E-state index contributed by atoms with van der Waals surface area (Å²) in [6, 6.07) is 9.86. The van der Waals surface area contributed by atoms with Crippen LogP contribution >= 0.6 is 15.9 Å². The van der Waals surface area contributed by atoms with Crippen LogP contribution < -0.4 is 4.74 Å². The molecule has 3 rings (SSSR count). The van der Waals surface area contributed by atoms with Gasteiger partial charge in [-0.2, -0.15) is 5.11 Å². The summed E-state index contributed by atoms with van der Waals surface area (Å²) in [7, 11) is 3.17. The first kappa shape index (κ1) is 15.4. The molecule has 0 fully saturated rings. The zero-order chi connectivity index (χ0) is 16.0. The summed E-state index contributed by atoms with van der Waals surface area (Å²) >= 11 is 3.60. The largest absolute Gasteiger partial charge is 0.496 e. The summed E-state index contributed by atoms with van der Waals surface area (Å²) in [5.74, 6) is -0.640. The van der Waals surface area contributed by atoms with Crippen LogP contribution in [0.2, 0.25) is 0 Å². The fourth-order valence-electron chi connectivity index (χ4n) is 2.63. The van der Waals surface area contributed by atoms with E-state index in [0.717, 1.165) is 15.2 Å². The predicted octanol–water partition coefficient (Wildman–Crippen LogP) is 4.59. The smallest absolute Gasteiger partial charge is 0.321 e. The van der Waals surface area contributed by atoms with E-state index in [9.17, 15) is 0 Å². The van der Waals surface area contributed by atoms with Crippen LogP contribution in [0.3, 0.4) is 0 Å². The van der Waals surface area contributed by atoms with Crippen molar-refractivity contribution in [2.24, 2.45) is 10.2 Å². The van der Waals surface area contributed by atoms with E-state index in [1.165, 1.54) is 0 Å².